The van der Waals surface area contributed by atoms with Gasteiger partial charge in [-0.3, -0.25) is 9.59 Å². The van der Waals surface area contributed by atoms with E-state index in [1.807, 2.05) is 49.4 Å². The van der Waals surface area contributed by atoms with Gasteiger partial charge < -0.3 is 10.2 Å². The van der Waals surface area contributed by atoms with Gasteiger partial charge in [0.15, 0.2) is 0 Å². The van der Waals surface area contributed by atoms with Crippen LogP contribution in [0.4, 0.5) is 5.69 Å². The number of hydrogen-bond donors (Lipinski definition) is 1. The van der Waals surface area contributed by atoms with Crippen LogP contribution >= 0.6 is 0 Å². The Morgan fingerprint density at radius 2 is 1.90 bits per heavy atom. The number of carbonyl (C=O) groups is 2. The molecule has 0 aliphatic carbocycles. The van der Waals surface area contributed by atoms with E-state index in [9.17, 15) is 9.59 Å². The van der Waals surface area contributed by atoms with Crippen molar-refractivity contribution < 1.29 is 9.59 Å². The lowest BCUT2D eigenvalue weighted by atomic mass is 10.1. The van der Waals surface area contributed by atoms with Gasteiger partial charge in [0.2, 0.25) is 11.8 Å². The molecule has 1 unspecified atom stereocenters. The number of nitrogens with zero attached hydrogens (tertiary/aromatic N) is 1. The molecule has 102 valence electrons. The summed E-state index contributed by atoms with van der Waals surface area (Å²) in [4.78, 5) is 25.6. The third-order valence-electron chi connectivity index (χ3n) is 3.65. The Morgan fingerprint density at radius 3 is 2.65 bits per heavy atom. The molecule has 0 spiro atoms. The molecule has 2 amide bonds. The predicted octanol–water partition coefficient (Wildman–Crippen LogP) is 2.08. The first-order valence-corrected chi connectivity index (χ1v) is 6.78. The van der Waals surface area contributed by atoms with Crippen LogP contribution in [0.15, 0.2) is 42.5 Å². The van der Waals surface area contributed by atoms with Gasteiger partial charge in [-0.05, 0) is 29.3 Å². The number of nitrogens with one attached hydrogen (secondary N) is 1. The maximum Gasteiger partial charge on any atom is 0.250 e. The zero-order valence-electron chi connectivity index (χ0n) is 11.3. The highest BCUT2D eigenvalue weighted by atomic mass is 16.2. The van der Waals surface area contributed by atoms with Crippen molar-refractivity contribution in [2.24, 2.45) is 0 Å². The van der Waals surface area contributed by atoms with Gasteiger partial charge in [0.05, 0.1) is 0 Å². The molecule has 0 saturated carbocycles. The second kappa shape index (κ2) is 4.96. The largest absolute Gasteiger partial charge is 0.343 e. The van der Waals surface area contributed by atoms with Crippen molar-refractivity contribution in [3.63, 3.8) is 0 Å². The van der Waals surface area contributed by atoms with Crippen LogP contribution in [0.2, 0.25) is 0 Å². The van der Waals surface area contributed by atoms with Gasteiger partial charge in [0.25, 0.3) is 0 Å². The van der Waals surface area contributed by atoms with Crippen LogP contribution in [0, 0.1) is 0 Å². The Bertz CT molecular complexity index is 681. The highest BCUT2D eigenvalue weighted by Gasteiger charge is 2.32. The van der Waals surface area contributed by atoms with E-state index >= 15 is 0 Å². The Morgan fingerprint density at radius 1 is 1.15 bits per heavy atom. The summed E-state index contributed by atoms with van der Waals surface area (Å²) in [6.07, 6.45) is 0.606. The maximum absolute atomic E-state index is 12.3. The number of piperazine rings is 1. The van der Waals surface area contributed by atoms with Gasteiger partial charge >= 0.3 is 0 Å². The van der Waals surface area contributed by atoms with E-state index in [1.165, 1.54) is 0 Å². The van der Waals surface area contributed by atoms with E-state index in [1.54, 1.807) is 4.90 Å². The molecule has 0 bridgehead atoms. The first-order valence-electron chi connectivity index (χ1n) is 6.78. The number of amides is 2. The molecular formula is C16H16N2O2. The van der Waals surface area contributed by atoms with Crippen molar-refractivity contribution >= 4 is 28.3 Å². The summed E-state index contributed by atoms with van der Waals surface area (Å²) in [5, 5.41) is 4.91. The van der Waals surface area contributed by atoms with Gasteiger partial charge in [-0.2, -0.15) is 0 Å². The van der Waals surface area contributed by atoms with E-state index in [-0.39, 0.29) is 18.4 Å². The number of benzene rings is 2. The smallest absolute Gasteiger partial charge is 0.250 e. The zero-order valence-corrected chi connectivity index (χ0v) is 11.3. The van der Waals surface area contributed by atoms with Crippen LogP contribution in [-0.4, -0.2) is 24.4 Å². The van der Waals surface area contributed by atoms with Gasteiger partial charge in [0.1, 0.15) is 12.6 Å². The average Bonchev–Trinajstić information content (AvgIpc) is 2.48. The molecule has 1 N–H and O–H groups in total. The summed E-state index contributed by atoms with van der Waals surface area (Å²) in [5.74, 6) is -0.146. The van der Waals surface area contributed by atoms with E-state index in [2.05, 4.69) is 5.32 Å². The first kappa shape index (κ1) is 12.7. The summed E-state index contributed by atoms with van der Waals surface area (Å²) in [6, 6.07) is 13.4. The summed E-state index contributed by atoms with van der Waals surface area (Å²) in [7, 11) is 0. The highest BCUT2D eigenvalue weighted by molar-refractivity contribution is 6.07. The van der Waals surface area contributed by atoms with Crippen LogP contribution in [0.3, 0.4) is 0 Å². The molecule has 1 aliphatic heterocycles. The zero-order chi connectivity index (χ0) is 14.1. The molecule has 3 rings (SSSR count). The average molecular weight is 268 g/mol. The maximum atomic E-state index is 12.3. The van der Waals surface area contributed by atoms with E-state index in [0.717, 1.165) is 16.5 Å². The van der Waals surface area contributed by atoms with Crippen molar-refractivity contribution in [1.29, 1.82) is 0 Å². The van der Waals surface area contributed by atoms with Crippen LogP contribution < -0.4 is 10.2 Å². The lowest BCUT2D eigenvalue weighted by molar-refractivity contribution is -0.131. The third-order valence-corrected chi connectivity index (χ3v) is 3.65. The minimum Gasteiger partial charge on any atom is -0.343 e. The quantitative estimate of drug-likeness (QED) is 0.906. The minimum absolute atomic E-state index is 0.0395. The second-order valence-electron chi connectivity index (χ2n) is 4.98. The van der Waals surface area contributed by atoms with E-state index < -0.39 is 6.04 Å². The van der Waals surface area contributed by atoms with Crippen molar-refractivity contribution in [3.8, 4) is 0 Å². The van der Waals surface area contributed by atoms with Crippen LogP contribution in [-0.2, 0) is 9.59 Å². The molecule has 1 fully saturated rings. The minimum atomic E-state index is -0.414. The molecule has 0 aromatic heterocycles. The van der Waals surface area contributed by atoms with Crippen LogP contribution in [0.1, 0.15) is 13.3 Å². The Hall–Kier alpha value is -2.36. The first-order chi connectivity index (χ1) is 9.69. The summed E-state index contributed by atoms with van der Waals surface area (Å²) in [5.41, 5.74) is 0.780. The summed E-state index contributed by atoms with van der Waals surface area (Å²) < 4.78 is 0. The third kappa shape index (κ3) is 2.13. The predicted molar refractivity (Wildman–Crippen MR) is 78.5 cm³/mol. The Kier molecular flexibility index (Phi) is 3.14. The molecule has 20 heavy (non-hydrogen) atoms. The SMILES string of the molecule is CCC1NC(=O)CN(c2ccc3ccccc3c2)C1=O. The summed E-state index contributed by atoms with van der Waals surface area (Å²) >= 11 is 0. The number of fused-ring (bicyclic) bond motifs is 1. The molecule has 4 heteroatoms. The van der Waals surface area contributed by atoms with Crippen LogP contribution in [0.25, 0.3) is 10.8 Å². The highest BCUT2D eigenvalue weighted by Crippen LogP contribution is 2.24. The van der Waals surface area contributed by atoms with Gasteiger partial charge in [-0.1, -0.05) is 37.3 Å². The van der Waals surface area contributed by atoms with Crippen molar-refractivity contribution in [2.45, 2.75) is 19.4 Å². The molecule has 4 nitrogen and oxygen atoms in total. The fraction of sp³-hybridized carbons (Fsp3) is 0.250. The number of anilines is 1. The molecule has 2 aromatic carbocycles. The molecular weight excluding hydrogens is 252 g/mol. The molecule has 0 radical (unpaired) electrons. The fourth-order valence-corrected chi connectivity index (χ4v) is 2.55. The molecule has 1 aliphatic rings. The standard InChI is InChI=1S/C16H16N2O2/c1-2-14-16(20)18(10-15(19)17-14)13-8-7-11-5-3-4-6-12(11)9-13/h3-9,14H,2,10H2,1H3,(H,17,19). The van der Waals surface area contributed by atoms with Crippen molar-refractivity contribution in [3.05, 3.63) is 42.5 Å². The lowest BCUT2D eigenvalue weighted by Gasteiger charge is -2.32. The molecule has 1 atom stereocenters. The fourth-order valence-electron chi connectivity index (χ4n) is 2.55. The molecule has 1 heterocycles. The topological polar surface area (TPSA) is 49.4 Å². The van der Waals surface area contributed by atoms with Crippen molar-refractivity contribution in [2.75, 3.05) is 11.4 Å². The van der Waals surface area contributed by atoms with E-state index in [0.29, 0.717) is 6.42 Å². The molecule has 2 aromatic rings. The van der Waals surface area contributed by atoms with Crippen molar-refractivity contribution in [1.82, 2.24) is 5.32 Å². The second-order valence-corrected chi connectivity index (χ2v) is 4.98. The molecule has 1 saturated heterocycles. The lowest BCUT2D eigenvalue weighted by Crippen LogP contribution is -2.58. The Balaban J connectivity index is 2.00. The van der Waals surface area contributed by atoms with Crippen LogP contribution in [0.5, 0.6) is 0 Å². The Labute approximate surface area is 117 Å². The number of hydrogen-bond acceptors (Lipinski definition) is 2. The van der Waals surface area contributed by atoms with Gasteiger partial charge in [-0.25, -0.2) is 0 Å². The number of carbonyl (C=O) groups excluding carboxylic acids is 2. The van der Waals surface area contributed by atoms with Gasteiger partial charge in [0, 0.05) is 5.69 Å². The number of rotatable bonds is 2. The monoisotopic (exact) mass is 268 g/mol. The normalized spacial score (nSPS) is 19.2. The van der Waals surface area contributed by atoms with E-state index in [4.69, 9.17) is 0 Å². The summed E-state index contributed by atoms with van der Waals surface area (Å²) in [6.45, 7) is 1.99. The van der Waals surface area contributed by atoms with Gasteiger partial charge in [-0.15, -0.1) is 0 Å².